The van der Waals surface area contributed by atoms with Gasteiger partial charge in [0.05, 0.1) is 23.7 Å². The predicted molar refractivity (Wildman–Crippen MR) is 97.8 cm³/mol. The van der Waals surface area contributed by atoms with Crippen LogP contribution in [0.5, 0.6) is 11.5 Å². The van der Waals surface area contributed by atoms with Gasteiger partial charge in [-0.15, -0.1) is 11.3 Å². The molecular formula is C18H22N2O5S. The number of methoxy groups -OCH3 is 1. The molecule has 0 saturated heterocycles. The zero-order valence-corrected chi connectivity index (χ0v) is 15.8. The SMILES string of the molecule is COc1cc(C(=O)NCCC(C)(C)C(=O)O)ccc1OCc1cscn1. The molecule has 0 aliphatic rings. The van der Waals surface area contributed by atoms with Gasteiger partial charge < -0.3 is 19.9 Å². The van der Waals surface area contributed by atoms with Crippen molar-refractivity contribution in [2.24, 2.45) is 5.41 Å². The fourth-order valence-corrected chi connectivity index (χ4v) is 2.63. The summed E-state index contributed by atoms with van der Waals surface area (Å²) < 4.78 is 11.0. The molecule has 8 heteroatoms. The minimum absolute atomic E-state index is 0.266. The molecule has 0 bridgehead atoms. The van der Waals surface area contributed by atoms with E-state index in [0.717, 1.165) is 5.69 Å². The highest BCUT2D eigenvalue weighted by Gasteiger charge is 2.26. The van der Waals surface area contributed by atoms with Crippen LogP contribution >= 0.6 is 11.3 Å². The van der Waals surface area contributed by atoms with Gasteiger partial charge in [0.15, 0.2) is 11.5 Å². The highest BCUT2D eigenvalue weighted by molar-refractivity contribution is 7.07. The van der Waals surface area contributed by atoms with Crippen LogP contribution in [-0.4, -0.2) is 35.6 Å². The van der Waals surface area contributed by atoms with E-state index in [4.69, 9.17) is 14.6 Å². The zero-order chi connectivity index (χ0) is 19.2. The minimum atomic E-state index is -0.893. The Kier molecular flexibility index (Phi) is 6.57. The molecular weight excluding hydrogens is 356 g/mol. The Hall–Kier alpha value is -2.61. The molecule has 1 aromatic heterocycles. The van der Waals surface area contributed by atoms with Crippen molar-refractivity contribution in [2.75, 3.05) is 13.7 Å². The Morgan fingerprint density at radius 3 is 2.69 bits per heavy atom. The number of nitrogens with one attached hydrogen (secondary N) is 1. The van der Waals surface area contributed by atoms with Crippen LogP contribution in [0.25, 0.3) is 0 Å². The number of carbonyl (C=O) groups is 2. The second kappa shape index (κ2) is 8.66. The molecule has 0 spiro atoms. The maximum atomic E-state index is 12.3. The summed E-state index contributed by atoms with van der Waals surface area (Å²) in [7, 11) is 1.50. The highest BCUT2D eigenvalue weighted by atomic mass is 32.1. The number of amides is 1. The van der Waals surface area contributed by atoms with E-state index in [2.05, 4.69) is 10.3 Å². The number of hydrogen-bond donors (Lipinski definition) is 2. The molecule has 2 rings (SSSR count). The van der Waals surface area contributed by atoms with E-state index in [1.165, 1.54) is 18.4 Å². The Morgan fingerprint density at radius 1 is 1.31 bits per heavy atom. The van der Waals surface area contributed by atoms with Gasteiger partial charge in [-0.05, 0) is 38.5 Å². The summed E-state index contributed by atoms with van der Waals surface area (Å²) in [4.78, 5) is 27.5. The number of aliphatic carboxylic acids is 1. The zero-order valence-electron chi connectivity index (χ0n) is 14.9. The Bertz CT molecular complexity index is 759. The third-order valence-corrected chi connectivity index (χ3v) is 4.53. The predicted octanol–water partition coefficient (Wildman–Crippen LogP) is 2.96. The first-order valence-corrected chi connectivity index (χ1v) is 8.97. The summed E-state index contributed by atoms with van der Waals surface area (Å²) in [5, 5.41) is 13.7. The number of carbonyl (C=O) groups excluding carboxylic acids is 1. The van der Waals surface area contributed by atoms with E-state index >= 15 is 0 Å². The monoisotopic (exact) mass is 378 g/mol. The quantitative estimate of drug-likeness (QED) is 0.696. The highest BCUT2D eigenvalue weighted by Crippen LogP contribution is 2.29. The fourth-order valence-electron chi connectivity index (χ4n) is 2.09. The van der Waals surface area contributed by atoms with E-state index in [0.29, 0.717) is 30.1 Å². The smallest absolute Gasteiger partial charge is 0.309 e. The molecule has 0 unspecified atom stereocenters. The van der Waals surface area contributed by atoms with E-state index in [-0.39, 0.29) is 12.5 Å². The fraction of sp³-hybridized carbons (Fsp3) is 0.389. The van der Waals surface area contributed by atoms with Crippen LogP contribution in [0, 0.1) is 5.41 Å². The molecule has 1 aromatic carbocycles. The summed E-state index contributed by atoms with van der Waals surface area (Å²) >= 11 is 1.49. The maximum Gasteiger partial charge on any atom is 0.309 e. The van der Waals surface area contributed by atoms with Crippen LogP contribution in [0.3, 0.4) is 0 Å². The first kappa shape index (κ1) is 19.7. The van der Waals surface area contributed by atoms with Gasteiger partial charge in [0, 0.05) is 17.5 Å². The van der Waals surface area contributed by atoms with Crippen molar-refractivity contribution in [3.05, 3.63) is 40.3 Å². The normalized spacial score (nSPS) is 11.0. The first-order valence-electron chi connectivity index (χ1n) is 8.03. The number of nitrogens with zero attached hydrogens (tertiary/aromatic N) is 1. The molecule has 2 aromatic rings. The van der Waals surface area contributed by atoms with Gasteiger partial charge in [-0.2, -0.15) is 0 Å². The van der Waals surface area contributed by atoms with Crippen LogP contribution in [0.1, 0.15) is 36.3 Å². The number of ether oxygens (including phenoxy) is 2. The molecule has 7 nitrogen and oxygen atoms in total. The van der Waals surface area contributed by atoms with Gasteiger partial charge >= 0.3 is 5.97 Å². The van der Waals surface area contributed by atoms with Crippen molar-refractivity contribution >= 4 is 23.2 Å². The van der Waals surface area contributed by atoms with E-state index in [9.17, 15) is 9.59 Å². The topological polar surface area (TPSA) is 97.8 Å². The third-order valence-electron chi connectivity index (χ3n) is 3.90. The van der Waals surface area contributed by atoms with Gasteiger partial charge in [0.2, 0.25) is 0 Å². The van der Waals surface area contributed by atoms with E-state index in [1.54, 1.807) is 37.6 Å². The Labute approximate surface area is 156 Å². The van der Waals surface area contributed by atoms with Crippen LogP contribution in [0.2, 0.25) is 0 Å². The Morgan fingerprint density at radius 2 is 2.08 bits per heavy atom. The van der Waals surface area contributed by atoms with Crippen LogP contribution < -0.4 is 14.8 Å². The molecule has 0 aliphatic carbocycles. The maximum absolute atomic E-state index is 12.3. The molecule has 0 saturated carbocycles. The molecule has 1 amide bonds. The van der Waals surface area contributed by atoms with Crippen molar-refractivity contribution in [1.29, 1.82) is 0 Å². The lowest BCUT2D eigenvalue weighted by Gasteiger charge is -2.19. The third kappa shape index (κ3) is 5.19. The lowest BCUT2D eigenvalue weighted by Crippen LogP contribution is -2.31. The van der Waals surface area contributed by atoms with Crippen molar-refractivity contribution in [3.8, 4) is 11.5 Å². The van der Waals surface area contributed by atoms with Crippen molar-refractivity contribution in [1.82, 2.24) is 10.3 Å². The average Bonchev–Trinajstić information content (AvgIpc) is 3.12. The lowest BCUT2D eigenvalue weighted by molar-refractivity contribution is -0.147. The number of benzene rings is 1. The first-order chi connectivity index (χ1) is 12.3. The van der Waals surface area contributed by atoms with Crippen molar-refractivity contribution < 1.29 is 24.2 Å². The molecule has 0 atom stereocenters. The largest absolute Gasteiger partial charge is 0.493 e. The second-order valence-corrected chi connectivity index (χ2v) is 7.05. The van der Waals surface area contributed by atoms with Gasteiger partial charge in [-0.25, -0.2) is 4.98 Å². The standard InChI is InChI=1S/C18H22N2O5S/c1-18(2,17(22)23)6-7-19-16(21)12-4-5-14(15(8-12)24-3)25-9-13-10-26-11-20-13/h4-5,8,10-11H,6-7,9H2,1-3H3,(H,19,21)(H,22,23). The van der Waals surface area contributed by atoms with Crippen LogP contribution in [0.4, 0.5) is 0 Å². The summed E-state index contributed by atoms with van der Waals surface area (Å²) in [6, 6.07) is 4.89. The summed E-state index contributed by atoms with van der Waals surface area (Å²) in [5.41, 5.74) is 2.07. The van der Waals surface area contributed by atoms with Gasteiger partial charge in [0.1, 0.15) is 6.61 Å². The molecule has 26 heavy (non-hydrogen) atoms. The average molecular weight is 378 g/mol. The van der Waals surface area contributed by atoms with Crippen molar-refractivity contribution in [2.45, 2.75) is 26.9 Å². The molecule has 0 aliphatic heterocycles. The number of thiazole rings is 1. The number of rotatable bonds is 9. The number of hydrogen-bond acceptors (Lipinski definition) is 6. The molecule has 0 radical (unpaired) electrons. The number of carboxylic acid groups (broad SMARTS) is 1. The van der Waals surface area contributed by atoms with Crippen LogP contribution in [-0.2, 0) is 11.4 Å². The van der Waals surface area contributed by atoms with E-state index in [1.807, 2.05) is 5.38 Å². The summed E-state index contributed by atoms with van der Waals surface area (Å²) in [5.74, 6) is -0.228. The number of carboxylic acids is 1. The van der Waals surface area contributed by atoms with Gasteiger partial charge in [-0.1, -0.05) is 0 Å². The molecule has 0 fully saturated rings. The minimum Gasteiger partial charge on any atom is -0.493 e. The second-order valence-electron chi connectivity index (χ2n) is 6.33. The number of aromatic nitrogens is 1. The van der Waals surface area contributed by atoms with E-state index < -0.39 is 11.4 Å². The molecule has 2 N–H and O–H groups in total. The lowest BCUT2D eigenvalue weighted by atomic mass is 9.90. The van der Waals surface area contributed by atoms with Crippen molar-refractivity contribution in [3.63, 3.8) is 0 Å². The molecule has 140 valence electrons. The summed E-state index contributed by atoms with van der Waals surface area (Å²) in [6.45, 7) is 3.83. The van der Waals surface area contributed by atoms with Gasteiger partial charge in [-0.3, -0.25) is 9.59 Å². The van der Waals surface area contributed by atoms with Gasteiger partial charge in [0.25, 0.3) is 5.91 Å². The van der Waals surface area contributed by atoms with Crippen LogP contribution in [0.15, 0.2) is 29.1 Å². The summed E-state index contributed by atoms with van der Waals surface area (Å²) in [6.07, 6.45) is 0.333. The Balaban J connectivity index is 1.96. The molecule has 1 heterocycles.